The van der Waals surface area contributed by atoms with Gasteiger partial charge in [-0.15, -0.1) is 0 Å². The molecular formula is C30H38N4O6. The summed E-state index contributed by atoms with van der Waals surface area (Å²) in [7, 11) is 1.63. The van der Waals surface area contributed by atoms with Crippen LogP contribution in [0.4, 0.5) is 4.79 Å². The van der Waals surface area contributed by atoms with Gasteiger partial charge in [-0.25, -0.2) is 4.79 Å². The van der Waals surface area contributed by atoms with Crippen molar-refractivity contribution in [2.45, 2.75) is 58.3 Å². The molecule has 0 saturated carbocycles. The van der Waals surface area contributed by atoms with Gasteiger partial charge in [0.15, 0.2) is 11.5 Å². The average molecular weight is 551 g/mol. The number of fused-ring (bicyclic) bond motifs is 2. The molecule has 0 N–H and O–H groups in total. The lowest BCUT2D eigenvalue weighted by atomic mass is 10.0. The molecule has 214 valence electrons. The van der Waals surface area contributed by atoms with Crippen molar-refractivity contribution < 1.29 is 23.7 Å². The number of aromatic nitrogens is 2. The smallest absolute Gasteiger partial charge is 0.410 e. The Kier molecular flexibility index (Phi) is 8.16. The van der Waals surface area contributed by atoms with E-state index in [0.717, 1.165) is 54.8 Å². The second-order valence-corrected chi connectivity index (χ2v) is 11.2. The van der Waals surface area contributed by atoms with E-state index < -0.39 is 5.60 Å². The molecule has 0 unspecified atom stereocenters. The first-order chi connectivity index (χ1) is 19.2. The van der Waals surface area contributed by atoms with Crippen LogP contribution in [0.3, 0.4) is 0 Å². The second-order valence-electron chi connectivity index (χ2n) is 11.2. The molecule has 3 aromatic rings. The monoisotopic (exact) mass is 550 g/mol. The number of benzene rings is 1. The van der Waals surface area contributed by atoms with E-state index in [9.17, 15) is 9.59 Å². The summed E-state index contributed by atoms with van der Waals surface area (Å²) in [4.78, 5) is 34.7. The topological polar surface area (TPSA) is 95.4 Å². The van der Waals surface area contributed by atoms with E-state index in [1.807, 2.05) is 55.7 Å². The van der Waals surface area contributed by atoms with Crippen molar-refractivity contribution in [2.24, 2.45) is 0 Å². The molecule has 2 aliphatic heterocycles. The highest BCUT2D eigenvalue weighted by Gasteiger charge is 2.32. The van der Waals surface area contributed by atoms with E-state index in [1.165, 1.54) is 0 Å². The Bertz CT molecular complexity index is 1410. The summed E-state index contributed by atoms with van der Waals surface area (Å²) in [6, 6.07) is 11.1. The maximum atomic E-state index is 13.3. The summed E-state index contributed by atoms with van der Waals surface area (Å²) in [5.41, 5.74) is 0.955. The molecule has 10 nitrogen and oxygen atoms in total. The van der Waals surface area contributed by atoms with E-state index in [2.05, 4.69) is 9.88 Å². The number of rotatable bonds is 7. The lowest BCUT2D eigenvalue weighted by Gasteiger charge is -2.39. The van der Waals surface area contributed by atoms with Crippen LogP contribution in [0.5, 0.6) is 17.2 Å². The third-order valence-electron chi connectivity index (χ3n) is 7.28. The number of pyridine rings is 2. The summed E-state index contributed by atoms with van der Waals surface area (Å²) >= 11 is 0. The number of likely N-dealkylation sites (tertiary alicyclic amines) is 1. The first-order valence-corrected chi connectivity index (χ1v) is 13.8. The van der Waals surface area contributed by atoms with Gasteiger partial charge in [0.05, 0.1) is 31.1 Å². The van der Waals surface area contributed by atoms with Gasteiger partial charge in [0, 0.05) is 50.4 Å². The lowest BCUT2D eigenvalue weighted by molar-refractivity contribution is 0.00529. The van der Waals surface area contributed by atoms with Crippen molar-refractivity contribution in [1.29, 1.82) is 0 Å². The molecule has 0 spiro atoms. The number of amides is 1. The first kappa shape index (κ1) is 27.8. The molecule has 0 atom stereocenters. The Hall–Kier alpha value is -3.79. The van der Waals surface area contributed by atoms with Gasteiger partial charge in [0.25, 0.3) is 5.56 Å². The molecule has 0 bridgehead atoms. The lowest BCUT2D eigenvalue weighted by Crippen LogP contribution is -2.49. The molecule has 40 heavy (non-hydrogen) atoms. The van der Waals surface area contributed by atoms with Gasteiger partial charge in [-0.05, 0) is 57.2 Å². The molecule has 0 aliphatic carbocycles. The summed E-state index contributed by atoms with van der Waals surface area (Å²) in [5, 5.41) is 1.000. The quantitative estimate of drug-likeness (QED) is 0.434. The molecule has 2 aromatic heterocycles. The molecule has 4 heterocycles. The molecule has 1 aromatic carbocycles. The van der Waals surface area contributed by atoms with Crippen LogP contribution in [0.1, 0.15) is 39.3 Å². The zero-order valence-corrected chi connectivity index (χ0v) is 23.7. The van der Waals surface area contributed by atoms with Gasteiger partial charge in [-0.3, -0.25) is 14.7 Å². The molecule has 2 aliphatic rings. The molecular weight excluding hydrogens is 512 g/mol. The van der Waals surface area contributed by atoms with Crippen LogP contribution in [-0.2, 0) is 17.8 Å². The Morgan fingerprint density at radius 2 is 1.77 bits per heavy atom. The first-order valence-electron chi connectivity index (χ1n) is 13.8. The zero-order chi connectivity index (χ0) is 28.3. The SMILES string of the molecule is COc1ccc2ccc(=O)n(CCN3CCC(N(Cc4cc5c(cn4)OCCO5)C(=O)OC(C)(C)C)CC3)c2c1. The maximum Gasteiger partial charge on any atom is 0.410 e. The van der Waals surface area contributed by atoms with Crippen LogP contribution in [0.2, 0.25) is 0 Å². The molecule has 10 heteroatoms. The third kappa shape index (κ3) is 6.50. The summed E-state index contributed by atoms with van der Waals surface area (Å²) < 4.78 is 24.3. The van der Waals surface area contributed by atoms with Crippen molar-refractivity contribution in [3.63, 3.8) is 0 Å². The van der Waals surface area contributed by atoms with E-state index in [-0.39, 0.29) is 17.7 Å². The minimum Gasteiger partial charge on any atom is -0.497 e. The summed E-state index contributed by atoms with van der Waals surface area (Å²) in [5.74, 6) is 2.00. The van der Waals surface area contributed by atoms with Crippen LogP contribution in [0.25, 0.3) is 10.9 Å². The van der Waals surface area contributed by atoms with Gasteiger partial charge in [0.2, 0.25) is 0 Å². The van der Waals surface area contributed by atoms with Crippen molar-refractivity contribution in [3.05, 3.63) is 58.6 Å². The zero-order valence-electron chi connectivity index (χ0n) is 23.7. The predicted molar refractivity (Wildman–Crippen MR) is 151 cm³/mol. The molecule has 0 radical (unpaired) electrons. The van der Waals surface area contributed by atoms with Crippen molar-refractivity contribution in [1.82, 2.24) is 19.4 Å². The maximum absolute atomic E-state index is 13.3. The van der Waals surface area contributed by atoms with E-state index in [1.54, 1.807) is 24.3 Å². The Morgan fingerprint density at radius 3 is 2.50 bits per heavy atom. The van der Waals surface area contributed by atoms with Gasteiger partial charge in [-0.2, -0.15) is 0 Å². The summed E-state index contributed by atoms with van der Waals surface area (Å²) in [6.07, 6.45) is 2.90. The van der Waals surface area contributed by atoms with Crippen LogP contribution < -0.4 is 19.8 Å². The molecule has 1 fully saturated rings. The molecule has 5 rings (SSSR count). The fourth-order valence-electron chi connectivity index (χ4n) is 5.24. The predicted octanol–water partition coefficient (Wildman–Crippen LogP) is 4.08. The highest BCUT2D eigenvalue weighted by atomic mass is 16.6. The number of ether oxygens (including phenoxy) is 4. The minimum absolute atomic E-state index is 0.00522. The third-order valence-corrected chi connectivity index (χ3v) is 7.28. The Morgan fingerprint density at radius 1 is 1.05 bits per heavy atom. The highest BCUT2D eigenvalue weighted by Crippen LogP contribution is 2.31. The minimum atomic E-state index is -0.606. The largest absolute Gasteiger partial charge is 0.497 e. The van der Waals surface area contributed by atoms with Crippen molar-refractivity contribution in [3.8, 4) is 17.2 Å². The van der Waals surface area contributed by atoms with Crippen LogP contribution >= 0.6 is 0 Å². The standard InChI is InChI=1S/C30H38N4O6/c1-30(2,3)40-29(36)34(20-22-17-26-27(19-31-22)39-16-15-38-26)23-9-11-32(12-10-23)13-14-33-25-18-24(37-4)7-5-21(25)6-8-28(33)35/h5-8,17-19,23H,9-16,20H2,1-4H3. The van der Waals surface area contributed by atoms with E-state index >= 15 is 0 Å². The van der Waals surface area contributed by atoms with Crippen LogP contribution in [0, 0.1) is 0 Å². The molecule has 1 amide bonds. The van der Waals surface area contributed by atoms with E-state index in [4.69, 9.17) is 18.9 Å². The fraction of sp³-hybridized carbons (Fsp3) is 0.500. The van der Waals surface area contributed by atoms with Crippen LogP contribution in [-0.4, -0.2) is 77.0 Å². The van der Waals surface area contributed by atoms with Crippen molar-refractivity contribution in [2.75, 3.05) is 40.0 Å². The number of hydrogen-bond donors (Lipinski definition) is 0. The van der Waals surface area contributed by atoms with Gasteiger partial charge >= 0.3 is 6.09 Å². The van der Waals surface area contributed by atoms with E-state index in [0.29, 0.717) is 37.8 Å². The number of hydrogen-bond acceptors (Lipinski definition) is 8. The number of nitrogens with zero attached hydrogens (tertiary/aromatic N) is 4. The highest BCUT2D eigenvalue weighted by molar-refractivity contribution is 5.80. The van der Waals surface area contributed by atoms with Crippen LogP contribution in [0.15, 0.2) is 47.4 Å². The number of methoxy groups -OCH3 is 1. The number of carbonyl (C=O) groups is 1. The normalized spacial score (nSPS) is 16.1. The number of carbonyl (C=O) groups excluding carboxylic acids is 1. The van der Waals surface area contributed by atoms with Gasteiger partial charge in [0.1, 0.15) is 24.6 Å². The van der Waals surface area contributed by atoms with Gasteiger partial charge in [-0.1, -0.05) is 0 Å². The average Bonchev–Trinajstić information content (AvgIpc) is 2.94. The van der Waals surface area contributed by atoms with Gasteiger partial charge < -0.3 is 28.4 Å². The molecule has 1 saturated heterocycles. The Labute approximate surface area is 234 Å². The Balaban J connectivity index is 1.26. The second kappa shape index (κ2) is 11.8. The number of piperidine rings is 1. The summed E-state index contributed by atoms with van der Waals surface area (Å²) in [6.45, 7) is 9.86. The fourth-order valence-corrected chi connectivity index (χ4v) is 5.24. The van der Waals surface area contributed by atoms with Crippen molar-refractivity contribution >= 4 is 17.0 Å².